The zero-order valence-corrected chi connectivity index (χ0v) is 13.6. The highest BCUT2D eigenvalue weighted by Crippen LogP contribution is 2.06. The van der Waals surface area contributed by atoms with Crippen molar-refractivity contribution in [1.82, 2.24) is 0 Å². The van der Waals surface area contributed by atoms with Crippen LogP contribution in [0.25, 0.3) is 0 Å². The van der Waals surface area contributed by atoms with Crippen LogP contribution >= 0.6 is 0 Å². The number of Topliss-reactive ketones (excluding diaryl/α,β-unsaturated/α-hetero) is 1. The molecule has 128 valence electrons. The van der Waals surface area contributed by atoms with Gasteiger partial charge in [0.25, 0.3) is 0 Å². The average molecular weight is 332 g/mol. The largest absolute Gasteiger partial charge is 0.365 e. The van der Waals surface area contributed by atoms with Crippen LogP contribution < -0.4 is 0 Å². The molecule has 1 atom stereocenters. The molecule has 0 fully saturated rings. The molecular weight excluding hydrogens is 311 g/mol. The van der Waals surface area contributed by atoms with Crippen molar-refractivity contribution in [2.24, 2.45) is 0 Å². The number of ketones is 1. The Kier molecular flexibility index (Phi) is 9.92. The summed E-state index contributed by atoms with van der Waals surface area (Å²) in [6.07, 6.45) is 0.228. The van der Waals surface area contributed by atoms with E-state index in [0.29, 0.717) is 19.3 Å². The minimum atomic E-state index is -0.609. The molecular formula is C19H21FO4. The number of benzene rings is 2. The molecule has 0 N–H and O–H groups in total. The third-order valence-electron chi connectivity index (χ3n) is 3.16. The van der Waals surface area contributed by atoms with Crippen molar-refractivity contribution >= 4 is 12.1 Å². The van der Waals surface area contributed by atoms with Crippen LogP contribution in [0.1, 0.15) is 24.5 Å². The van der Waals surface area contributed by atoms with Crippen LogP contribution in [-0.2, 0) is 32.5 Å². The minimum absolute atomic E-state index is 0.0425. The summed E-state index contributed by atoms with van der Waals surface area (Å²) >= 11 is 0. The number of ether oxygens (including phenoxy) is 1. The second-order valence-corrected chi connectivity index (χ2v) is 4.95. The van der Waals surface area contributed by atoms with E-state index in [4.69, 9.17) is 4.74 Å². The molecule has 0 heterocycles. The minimum Gasteiger partial charge on any atom is -0.365 e. The van der Waals surface area contributed by atoms with Crippen LogP contribution in [0.15, 0.2) is 60.7 Å². The van der Waals surface area contributed by atoms with Gasteiger partial charge in [-0.15, -0.1) is 0 Å². The van der Waals surface area contributed by atoms with E-state index in [0.717, 1.165) is 11.1 Å². The number of rotatable bonds is 8. The molecule has 0 bridgehead atoms. The number of halogens is 1. The van der Waals surface area contributed by atoms with Crippen LogP contribution in [0.3, 0.4) is 0 Å². The van der Waals surface area contributed by atoms with E-state index in [1.54, 1.807) is 12.1 Å². The van der Waals surface area contributed by atoms with Crippen molar-refractivity contribution in [3.8, 4) is 0 Å². The second-order valence-electron chi connectivity index (χ2n) is 4.95. The van der Waals surface area contributed by atoms with Gasteiger partial charge in [0, 0.05) is 0 Å². The predicted molar refractivity (Wildman–Crippen MR) is 88.7 cm³/mol. The number of hydrogen-bond donors (Lipinski definition) is 0. The molecule has 2 aromatic rings. The molecule has 0 aliphatic rings. The summed E-state index contributed by atoms with van der Waals surface area (Å²) in [6, 6.07) is 18.7. The van der Waals surface area contributed by atoms with Gasteiger partial charge in [0.2, 0.25) is 5.78 Å². The summed E-state index contributed by atoms with van der Waals surface area (Å²) < 4.78 is 16.5. The Labute approximate surface area is 141 Å². The summed E-state index contributed by atoms with van der Waals surface area (Å²) in [6.45, 7) is 2.22. The Morgan fingerprint density at radius 2 is 1.50 bits per heavy atom. The zero-order chi connectivity index (χ0) is 17.6. The topological polar surface area (TPSA) is 52.6 Å². The number of hydrogen-bond acceptors (Lipinski definition) is 4. The zero-order valence-electron chi connectivity index (χ0n) is 13.6. The van der Waals surface area contributed by atoms with E-state index in [-0.39, 0.29) is 6.61 Å². The Balaban J connectivity index is 0.000000272. The molecule has 0 aliphatic heterocycles. The van der Waals surface area contributed by atoms with Gasteiger partial charge in [0.15, 0.2) is 6.29 Å². The van der Waals surface area contributed by atoms with Gasteiger partial charge >= 0.3 is 0 Å². The van der Waals surface area contributed by atoms with Gasteiger partial charge in [-0.25, -0.2) is 0 Å². The standard InChI is InChI=1S/C12H14O3.C7H7FO/c1-2-12(11(14)8-13)15-9-10-6-4-3-5-7-10;8-9-6-7-4-2-1-3-5-7/h3-8,12H,2,9H2,1H3;1-5H,6H2. The van der Waals surface area contributed by atoms with Crippen molar-refractivity contribution in [2.45, 2.75) is 32.7 Å². The summed E-state index contributed by atoms with van der Waals surface area (Å²) in [4.78, 5) is 24.8. The summed E-state index contributed by atoms with van der Waals surface area (Å²) in [5.74, 6) is -0.492. The smallest absolute Gasteiger partial charge is 0.223 e. The molecule has 0 radical (unpaired) electrons. The quantitative estimate of drug-likeness (QED) is 0.544. The van der Waals surface area contributed by atoms with Crippen LogP contribution in [0.2, 0.25) is 0 Å². The first-order chi connectivity index (χ1) is 11.7. The van der Waals surface area contributed by atoms with Crippen molar-refractivity contribution in [2.75, 3.05) is 0 Å². The molecule has 0 spiro atoms. The summed E-state index contributed by atoms with van der Waals surface area (Å²) in [5.41, 5.74) is 1.84. The van der Waals surface area contributed by atoms with Gasteiger partial charge in [0.05, 0.1) is 6.61 Å². The first kappa shape index (κ1) is 19.7. The molecule has 0 saturated heterocycles. The predicted octanol–water partition coefficient (Wildman–Crippen LogP) is 3.84. The highest BCUT2D eigenvalue weighted by molar-refractivity contribution is 6.27. The van der Waals surface area contributed by atoms with Gasteiger partial charge in [-0.05, 0) is 22.1 Å². The second kappa shape index (κ2) is 12.1. The van der Waals surface area contributed by atoms with E-state index in [1.807, 2.05) is 55.5 Å². The summed E-state index contributed by atoms with van der Waals surface area (Å²) in [7, 11) is 0. The van der Waals surface area contributed by atoms with Crippen LogP contribution in [0.4, 0.5) is 4.53 Å². The molecule has 24 heavy (non-hydrogen) atoms. The van der Waals surface area contributed by atoms with Gasteiger partial charge in [-0.2, -0.15) is 4.94 Å². The Hall–Kier alpha value is -2.37. The lowest BCUT2D eigenvalue weighted by molar-refractivity contribution is -0.144. The monoisotopic (exact) mass is 332 g/mol. The normalized spacial score (nSPS) is 11.1. The average Bonchev–Trinajstić information content (AvgIpc) is 2.64. The van der Waals surface area contributed by atoms with E-state index in [2.05, 4.69) is 4.94 Å². The maximum Gasteiger partial charge on any atom is 0.223 e. The molecule has 4 nitrogen and oxygen atoms in total. The number of carbonyl (C=O) groups excluding carboxylic acids is 2. The fourth-order valence-corrected chi connectivity index (χ4v) is 1.89. The van der Waals surface area contributed by atoms with Crippen molar-refractivity contribution in [3.63, 3.8) is 0 Å². The molecule has 0 aliphatic carbocycles. The lowest BCUT2D eigenvalue weighted by Crippen LogP contribution is -2.24. The Morgan fingerprint density at radius 1 is 1.00 bits per heavy atom. The lowest BCUT2D eigenvalue weighted by atomic mass is 10.2. The van der Waals surface area contributed by atoms with Gasteiger partial charge < -0.3 is 4.74 Å². The number of carbonyl (C=O) groups is 2. The van der Waals surface area contributed by atoms with E-state index >= 15 is 0 Å². The molecule has 1 unspecified atom stereocenters. The van der Waals surface area contributed by atoms with Gasteiger partial charge in [-0.3, -0.25) is 9.59 Å². The van der Waals surface area contributed by atoms with Crippen molar-refractivity contribution in [3.05, 3.63) is 71.8 Å². The number of aldehydes is 1. The molecule has 5 heteroatoms. The maximum atomic E-state index is 11.2. The van der Waals surface area contributed by atoms with Crippen LogP contribution in [-0.4, -0.2) is 18.2 Å². The van der Waals surface area contributed by atoms with Gasteiger partial charge in [0.1, 0.15) is 12.7 Å². The van der Waals surface area contributed by atoms with Crippen LogP contribution in [0.5, 0.6) is 0 Å². The maximum absolute atomic E-state index is 11.2. The fraction of sp³-hybridized carbons (Fsp3) is 0.263. The lowest BCUT2D eigenvalue weighted by Gasteiger charge is -2.11. The molecule has 0 aromatic heterocycles. The van der Waals surface area contributed by atoms with E-state index in [9.17, 15) is 14.1 Å². The molecule has 2 aromatic carbocycles. The highest BCUT2D eigenvalue weighted by atomic mass is 19.3. The highest BCUT2D eigenvalue weighted by Gasteiger charge is 2.15. The van der Waals surface area contributed by atoms with Crippen LogP contribution in [0, 0.1) is 0 Å². The van der Waals surface area contributed by atoms with Crippen molar-refractivity contribution in [1.29, 1.82) is 0 Å². The Bertz CT molecular complexity index is 587. The SMILES string of the molecule is CCC(OCc1ccccc1)C(=O)C=O.FOCc1ccccc1. The Morgan fingerprint density at radius 3 is 1.92 bits per heavy atom. The summed E-state index contributed by atoms with van der Waals surface area (Å²) in [5, 5.41) is 0. The van der Waals surface area contributed by atoms with Crippen molar-refractivity contribution < 1.29 is 23.8 Å². The third kappa shape index (κ3) is 7.76. The van der Waals surface area contributed by atoms with E-state index in [1.165, 1.54) is 0 Å². The fourth-order valence-electron chi connectivity index (χ4n) is 1.89. The third-order valence-corrected chi connectivity index (χ3v) is 3.16. The van der Waals surface area contributed by atoms with Gasteiger partial charge in [-0.1, -0.05) is 67.6 Å². The first-order valence-electron chi connectivity index (χ1n) is 7.63. The molecule has 2 rings (SSSR count). The first-order valence-corrected chi connectivity index (χ1v) is 7.63. The van der Waals surface area contributed by atoms with E-state index < -0.39 is 11.9 Å². The molecule has 0 saturated carbocycles. The molecule has 0 amide bonds.